The minimum absolute atomic E-state index is 0. The second-order valence-corrected chi connectivity index (χ2v) is 15.0. The van der Waals surface area contributed by atoms with Crippen molar-refractivity contribution in [3.8, 4) is 0 Å². The summed E-state index contributed by atoms with van der Waals surface area (Å²) < 4.78 is 11.5. The molecule has 2 saturated heterocycles. The van der Waals surface area contributed by atoms with E-state index in [0.29, 0.717) is 12.0 Å². The second kappa shape index (κ2) is 17.0. The number of furan rings is 2. The first-order valence-electron chi connectivity index (χ1n) is 18.4. The smallest absolute Gasteiger partial charge is 0.134 e. The summed E-state index contributed by atoms with van der Waals surface area (Å²) in [5.41, 5.74) is 9.62. The van der Waals surface area contributed by atoms with E-state index < -0.39 is 4.87 Å². The molecule has 0 bridgehead atoms. The van der Waals surface area contributed by atoms with E-state index in [1.54, 1.807) is 0 Å². The number of halogens is 1. The molecule has 6 heteroatoms. The summed E-state index contributed by atoms with van der Waals surface area (Å²) in [5, 5.41) is 2.37. The Balaban J connectivity index is 0.000000163. The van der Waals surface area contributed by atoms with Crippen LogP contribution in [0.25, 0.3) is 21.9 Å². The van der Waals surface area contributed by atoms with Crippen LogP contribution < -0.4 is 0 Å². The van der Waals surface area contributed by atoms with Crippen LogP contribution >= 0.6 is 11.6 Å². The molecule has 2 aliphatic rings. The summed E-state index contributed by atoms with van der Waals surface area (Å²) in [4.78, 5) is 4.60. The van der Waals surface area contributed by atoms with Crippen LogP contribution in [0.1, 0.15) is 51.4 Å². The Morgan fingerprint density at radius 1 is 0.491 bits per heavy atom. The topological polar surface area (TPSA) is 32.8 Å². The minimum Gasteiger partial charge on any atom is -0.464 e. The van der Waals surface area contributed by atoms with Gasteiger partial charge in [-0.25, -0.2) is 0 Å². The zero-order chi connectivity index (χ0) is 35.6. The van der Waals surface area contributed by atoms with Crippen LogP contribution in [-0.4, -0.2) is 36.0 Å². The number of para-hydroxylation sites is 2. The van der Waals surface area contributed by atoms with Crippen molar-refractivity contribution in [3.05, 3.63) is 223 Å². The van der Waals surface area contributed by atoms with Crippen molar-refractivity contribution >= 4 is 33.5 Å². The van der Waals surface area contributed by atoms with Gasteiger partial charge < -0.3 is 16.3 Å². The zero-order valence-corrected chi connectivity index (χ0v) is 33.1. The van der Waals surface area contributed by atoms with Crippen LogP contribution in [0.5, 0.6) is 0 Å². The molecule has 55 heavy (non-hydrogen) atoms. The third-order valence-electron chi connectivity index (χ3n) is 10.9. The fourth-order valence-corrected chi connectivity index (χ4v) is 8.73. The van der Waals surface area contributed by atoms with Crippen LogP contribution in [-0.2, 0) is 25.3 Å². The molecule has 0 spiro atoms. The van der Waals surface area contributed by atoms with Gasteiger partial charge in [0, 0.05) is 74.4 Å². The molecule has 0 amide bonds. The van der Waals surface area contributed by atoms with Crippen LogP contribution in [0, 0.1) is 7.43 Å². The molecule has 280 valence electrons. The van der Waals surface area contributed by atoms with Gasteiger partial charge in [0.15, 0.2) is 0 Å². The fourth-order valence-electron chi connectivity index (χ4n) is 8.28. The number of rotatable bonds is 8. The molecule has 0 aliphatic carbocycles. The number of alkyl halides is 1. The van der Waals surface area contributed by atoms with Crippen molar-refractivity contribution in [3.63, 3.8) is 0 Å². The van der Waals surface area contributed by atoms with Gasteiger partial charge in [-0.3, -0.25) is 9.80 Å². The van der Waals surface area contributed by atoms with E-state index in [2.05, 4.69) is 149 Å². The SMILES string of the molecule is ClC1(c2coc3ccccc23)CN(C(c2ccccc2)c2ccccc2)C1.[CH3-].[Pd].c1ccc(C(c2ccccc2)N2CC(c3coc4ccccc34)C2)cc1. The molecule has 0 saturated carbocycles. The predicted octanol–water partition coefficient (Wildman–Crippen LogP) is 12.0. The maximum absolute atomic E-state index is 7.07. The van der Waals surface area contributed by atoms with Crippen LogP contribution in [0.2, 0.25) is 0 Å². The molecule has 2 fully saturated rings. The van der Waals surface area contributed by atoms with Crippen molar-refractivity contribution in [2.45, 2.75) is 22.9 Å². The Hall–Kier alpha value is -4.73. The van der Waals surface area contributed by atoms with Gasteiger partial charge in [-0.05, 0) is 34.4 Å². The van der Waals surface area contributed by atoms with Gasteiger partial charge in [0.05, 0.1) is 29.5 Å². The second-order valence-electron chi connectivity index (χ2n) is 14.3. The van der Waals surface area contributed by atoms with E-state index in [-0.39, 0.29) is 33.9 Å². The molecular weight excluding hydrogens is 790 g/mol. The number of hydrogen-bond donors (Lipinski definition) is 0. The van der Waals surface area contributed by atoms with Crippen LogP contribution in [0.4, 0.5) is 0 Å². The van der Waals surface area contributed by atoms with Crippen molar-refractivity contribution in [2.75, 3.05) is 26.2 Å². The summed E-state index contributed by atoms with van der Waals surface area (Å²) >= 11 is 7.07. The molecular formula is C49H44ClN2O2Pd-. The average Bonchev–Trinajstić information content (AvgIpc) is 3.82. The minimum atomic E-state index is -0.408. The molecule has 0 atom stereocenters. The Labute approximate surface area is 343 Å². The van der Waals surface area contributed by atoms with Gasteiger partial charge in [-0.2, -0.15) is 0 Å². The quantitative estimate of drug-likeness (QED) is 0.0867. The zero-order valence-electron chi connectivity index (χ0n) is 30.8. The summed E-state index contributed by atoms with van der Waals surface area (Å²) in [6.45, 7) is 3.68. The third kappa shape index (κ3) is 7.74. The van der Waals surface area contributed by atoms with Gasteiger partial charge >= 0.3 is 0 Å². The molecule has 0 unspecified atom stereocenters. The monoisotopic (exact) mass is 833 g/mol. The van der Waals surface area contributed by atoms with Gasteiger partial charge in [0.1, 0.15) is 11.2 Å². The van der Waals surface area contributed by atoms with E-state index >= 15 is 0 Å². The molecule has 4 nitrogen and oxygen atoms in total. The average molecular weight is 835 g/mol. The van der Waals surface area contributed by atoms with Crippen molar-refractivity contribution in [2.24, 2.45) is 0 Å². The molecule has 6 aromatic carbocycles. The van der Waals surface area contributed by atoms with E-state index in [9.17, 15) is 0 Å². The third-order valence-corrected chi connectivity index (χ3v) is 11.4. The number of likely N-dealkylation sites (tertiary alicyclic amines) is 2. The first kappa shape index (κ1) is 38.5. The van der Waals surface area contributed by atoms with Gasteiger partial charge in [-0.1, -0.05) is 158 Å². The largest absolute Gasteiger partial charge is 0.464 e. The molecule has 0 radical (unpaired) electrons. The molecule has 10 rings (SSSR count). The summed E-state index contributed by atoms with van der Waals surface area (Å²) in [5.74, 6) is 0.536. The molecule has 2 aliphatic heterocycles. The van der Waals surface area contributed by atoms with Gasteiger partial charge in [0.25, 0.3) is 0 Å². The number of nitrogens with zero attached hydrogens (tertiary/aromatic N) is 2. The number of fused-ring (bicyclic) bond motifs is 2. The van der Waals surface area contributed by atoms with Gasteiger partial charge in [-0.15, -0.1) is 11.6 Å². The maximum atomic E-state index is 7.07. The van der Waals surface area contributed by atoms with Crippen molar-refractivity contribution in [1.29, 1.82) is 0 Å². The number of benzene rings is 6. The van der Waals surface area contributed by atoms with E-state index in [4.69, 9.17) is 20.4 Å². The summed E-state index contributed by atoms with van der Waals surface area (Å²) in [6, 6.07) is 59.9. The fraction of sp³-hybridized carbons (Fsp3) is 0.163. The Kier molecular flexibility index (Phi) is 11.9. The molecule has 4 heterocycles. The number of hydrogen-bond acceptors (Lipinski definition) is 4. The molecule has 2 aromatic heterocycles. The van der Waals surface area contributed by atoms with Gasteiger partial charge in [0.2, 0.25) is 0 Å². The van der Waals surface area contributed by atoms with Crippen molar-refractivity contribution in [1.82, 2.24) is 9.80 Å². The first-order chi connectivity index (χ1) is 26.1. The molecule has 0 N–H and O–H groups in total. The summed E-state index contributed by atoms with van der Waals surface area (Å²) in [6.07, 6.45) is 3.78. The Bertz CT molecular complexity index is 2320. The van der Waals surface area contributed by atoms with E-state index in [0.717, 1.165) is 48.3 Å². The Morgan fingerprint density at radius 2 is 0.873 bits per heavy atom. The van der Waals surface area contributed by atoms with E-state index in [1.165, 1.54) is 33.2 Å². The van der Waals surface area contributed by atoms with Crippen molar-refractivity contribution < 1.29 is 29.3 Å². The predicted molar refractivity (Wildman–Crippen MR) is 222 cm³/mol. The van der Waals surface area contributed by atoms with Crippen LogP contribution in [0.3, 0.4) is 0 Å². The molecule has 8 aromatic rings. The summed E-state index contributed by atoms with van der Waals surface area (Å²) in [7, 11) is 0. The Morgan fingerprint density at radius 3 is 1.36 bits per heavy atom. The maximum Gasteiger partial charge on any atom is 0.134 e. The standard InChI is InChI=1S/C24H20ClNO.C24H21NO.CH3.Pd/c25-24(21-15-27-22-14-8-7-13-20(21)22)16-26(17-24)23(18-9-3-1-4-10-18)19-11-5-2-6-12-19;1-3-9-18(10-4-1)24(19-11-5-2-6-12-19)25-15-20(16-25)22-17-26-23-14-8-7-13-21(22)23;;/h1-15,23H,16-17H2;1-14,17,20,24H,15-16H2;1H3;/q;;-1;. The van der Waals surface area contributed by atoms with Crippen LogP contribution in [0.15, 0.2) is 191 Å². The van der Waals surface area contributed by atoms with E-state index in [1.807, 2.05) is 42.9 Å². The normalized spacial score (nSPS) is 15.4. The first-order valence-corrected chi connectivity index (χ1v) is 18.8.